The highest BCUT2D eigenvalue weighted by Crippen LogP contribution is 2.44. The lowest BCUT2D eigenvalue weighted by atomic mass is 9.75. The highest BCUT2D eigenvalue weighted by Gasteiger charge is 2.55. The minimum Gasteiger partial charge on any atom is -0.497 e. The molecule has 0 unspecified atom stereocenters. The van der Waals surface area contributed by atoms with Gasteiger partial charge in [-0.3, -0.25) is 9.59 Å². The first-order valence-electron chi connectivity index (χ1n) is 15.3. The summed E-state index contributed by atoms with van der Waals surface area (Å²) in [7, 11) is 1.64. The Kier molecular flexibility index (Phi) is 9.98. The van der Waals surface area contributed by atoms with Crippen LogP contribution in [0.3, 0.4) is 0 Å². The summed E-state index contributed by atoms with van der Waals surface area (Å²) in [6.07, 6.45) is 8.62. The molecule has 2 aliphatic carbocycles. The lowest BCUT2D eigenvalue weighted by Crippen LogP contribution is -2.66. The zero-order valence-corrected chi connectivity index (χ0v) is 24.9. The number of carbonyl (C=O) groups is 2. The maximum absolute atomic E-state index is 14.4. The van der Waals surface area contributed by atoms with Crippen molar-refractivity contribution in [1.82, 2.24) is 10.2 Å². The Bertz CT molecular complexity index is 1210. The predicted octanol–water partition coefficient (Wildman–Crippen LogP) is 5.30. The molecule has 1 aliphatic heterocycles. The number of allylic oxidation sites excluding steroid dienone is 2. The van der Waals surface area contributed by atoms with Gasteiger partial charge in [0.15, 0.2) is 5.79 Å². The molecule has 0 radical (unpaired) electrons. The maximum atomic E-state index is 14.4. The van der Waals surface area contributed by atoms with E-state index in [1.807, 2.05) is 59.5 Å². The summed E-state index contributed by atoms with van der Waals surface area (Å²) in [5.74, 6) is -0.175. The fourth-order valence-electron chi connectivity index (χ4n) is 6.67. The third-order valence-corrected chi connectivity index (χ3v) is 8.86. The first kappa shape index (κ1) is 30.3. The zero-order valence-electron chi connectivity index (χ0n) is 24.9. The molecule has 2 amide bonds. The van der Waals surface area contributed by atoms with Crippen LogP contribution in [-0.4, -0.2) is 61.0 Å². The Morgan fingerprint density at radius 1 is 0.952 bits per heavy atom. The van der Waals surface area contributed by atoms with Crippen LogP contribution in [0.4, 0.5) is 0 Å². The van der Waals surface area contributed by atoms with Crippen LogP contribution >= 0.6 is 0 Å². The van der Waals surface area contributed by atoms with Crippen LogP contribution in [0.15, 0.2) is 66.4 Å². The average molecular weight is 577 g/mol. The quantitative estimate of drug-likeness (QED) is 0.391. The molecule has 1 N–H and O–H groups in total. The number of amides is 2. The molecule has 0 aromatic heterocycles. The molecular formula is C34H44N2O6. The van der Waals surface area contributed by atoms with E-state index in [9.17, 15) is 9.59 Å². The number of nitrogens with zero attached hydrogens (tertiary/aromatic N) is 1. The van der Waals surface area contributed by atoms with Crippen molar-refractivity contribution in [3.8, 4) is 5.75 Å². The number of hydrogen-bond donors (Lipinski definition) is 1. The van der Waals surface area contributed by atoms with E-state index in [4.69, 9.17) is 18.9 Å². The number of nitrogens with one attached hydrogen (secondary N) is 1. The second-order valence-electron chi connectivity index (χ2n) is 11.7. The molecule has 2 aromatic carbocycles. The fraction of sp³-hybridized carbons (Fsp3) is 0.529. The topological polar surface area (TPSA) is 86.3 Å². The molecule has 1 saturated heterocycles. The Balaban J connectivity index is 1.46. The van der Waals surface area contributed by atoms with E-state index in [-0.39, 0.29) is 24.5 Å². The SMILES string of the molecule is COc1ccc(C[C@@H](COCc2ccccc2)N(C(C)=O)C2(C(=O)NC3=CCCCC3)CCC3(CC2)OCCO3)cc1. The van der Waals surface area contributed by atoms with Gasteiger partial charge in [-0.1, -0.05) is 48.5 Å². The monoisotopic (exact) mass is 576 g/mol. The van der Waals surface area contributed by atoms with Crippen molar-refractivity contribution >= 4 is 11.8 Å². The lowest BCUT2D eigenvalue weighted by Gasteiger charge is -2.51. The minimum atomic E-state index is -1.06. The molecule has 2 fully saturated rings. The number of rotatable bonds is 11. The van der Waals surface area contributed by atoms with Crippen molar-refractivity contribution in [2.45, 2.75) is 88.7 Å². The minimum absolute atomic E-state index is 0.124. The molecule has 2 aromatic rings. The number of carbonyl (C=O) groups excluding carboxylic acids is 2. The molecule has 3 aliphatic rings. The van der Waals surface area contributed by atoms with Crippen molar-refractivity contribution in [1.29, 1.82) is 0 Å². The van der Waals surface area contributed by atoms with Crippen LogP contribution in [-0.2, 0) is 36.8 Å². The second-order valence-corrected chi connectivity index (χ2v) is 11.7. The summed E-state index contributed by atoms with van der Waals surface area (Å²) in [5, 5.41) is 3.25. The van der Waals surface area contributed by atoms with Crippen molar-refractivity contribution in [2.75, 3.05) is 26.9 Å². The van der Waals surface area contributed by atoms with Crippen LogP contribution in [0.1, 0.15) is 69.4 Å². The Morgan fingerprint density at radius 3 is 2.29 bits per heavy atom. The molecule has 5 rings (SSSR count). The van der Waals surface area contributed by atoms with Gasteiger partial charge in [-0.25, -0.2) is 0 Å². The van der Waals surface area contributed by atoms with Gasteiger partial charge in [0.2, 0.25) is 11.8 Å². The summed E-state index contributed by atoms with van der Waals surface area (Å²) in [5.41, 5.74) is 1.99. The van der Waals surface area contributed by atoms with E-state index >= 15 is 0 Å². The average Bonchev–Trinajstić information content (AvgIpc) is 3.47. The normalized spacial score (nSPS) is 20.0. The molecule has 1 spiro atoms. The molecule has 0 bridgehead atoms. The highest BCUT2D eigenvalue weighted by molar-refractivity contribution is 5.92. The standard InChI is InChI=1S/C34H44N2O6/c1-26(37)36(30(23-27-13-15-31(39-2)16-14-27)25-40-24-28-9-5-3-6-10-28)33(32(38)35-29-11-7-4-8-12-29)17-19-34(20-18-33)41-21-22-42-34/h3,5-6,9-11,13-16,30H,4,7-8,12,17-25H2,1-2H3,(H,35,38)/t30-/m0/s1. The van der Waals surface area contributed by atoms with Crippen molar-refractivity contribution in [3.63, 3.8) is 0 Å². The molecule has 1 heterocycles. The largest absolute Gasteiger partial charge is 0.497 e. The molecule has 1 saturated carbocycles. The summed E-state index contributed by atoms with van der Waals surface area (Å²) in [6.45, 7) is 3.38. The molecular weight excluding hydrogens is 532 g/mol. The highest BCUT2D eigenvalue weighted by atomic mass is 16.7. The van der Waals surface area contributed by atoms with Crippen molar-refractivity contribution in [2.24, 2.45) is 0 Å². The van der Waals surface area contributed by atoms with Crippen LogP contribution in [0.25, 0.3) is 0 Å². The van der Waals surface area contributed by atoms with E-state index < -0.39 is 11.3 Å². The van der Waals surface area contributed by atoms with Gasteiger partial charge in [0, 0.05) is 25.5 Å². The van der Waals surface area contributed by atoms with Crippen LogP contribution < -0.4 is 10.1 Å². The Labute approximate surface area is 249 Å². The third kappa shape index (κ3) is 7.05. The van der Waals surface area contributed by atoms with Gasteiger partial charge < -0.3 is 29.2 Å². The molecule has 42 heavy (non-hydrogen) atoms. The first-order chi connectivity index (χ1) is 20.4. The number of hydrogen-bond acceptors (Lipinski definition) is 6. The van der Waals surface area contributed by atoms with Gasteiger partial charge in [0.25, 0.3) is 0 Å². The van der Waals surface area contributed by atoms with Gasteiger partial charge in [-0.2, -0.15) is 0 Å². The second kappa shape index (κ2) is 13.8. The van der Waals surface area contributed by atoms with Gasteiger partial charge in [-0.15, -0.1) is 0 Å². The van der Waals surface area contributed by atoms with Crippen molar-refractivity contribution in [3.05, 3.63) is 77.5 Å². The van der Waals surface area contributed by atoms with Crippen LogP contribution in [0.2, 0.25) is 0 Å². The summed E-state index contributed by atoms with van der Waals surface area (Å²) in [4.78, 5) is 29.9. The van der Waals surface area contributed by atoms with E-state index in [1.165, 1.54) is 0 Å². The smallest absolute Gasteiger partial charge is 0.250 e. The number of benzene rings is 2. The van der Waals surface area contributed by atoms with Gasteiger partial charge in [-0.05, 0) is 68.2 Å². The molecule has 8 nitrogen and oxygen atoms in total. The first-order valence-corrected chi connectivity index (χ1v) is 15.3. The summed E-state index contributed by atoms with van der Waals surface area (Å²) >= 11 is 0. The summed E-state index contributed by atoms with van der Waals surface area (Å²) in [6, 6.07) is 17.5. The Morgan fingerprint density at radius 2 is 1.67 bits per heavy atom. The Hall–Kier alpha value is -3.20. The third-order valence-electron chi connectivity index (χ3n) is 8.86. The van der Waals surface area contributed by atoms with E-state index in [2.05, 4.69) is 11.4 Å². The lowest BCUT2D eigenvalue weighted by molar-refractivity contribution is -0.200. The number of ether oxygens (including phenoxy) is 4. The van der Waals surface area contributed by atoms with Crippen molar-refractivity contribution < 1.29 is 28.5 Å². The number of methoxy groups -OCH3 is 1. The van der Waals surface area contributed by atoms with Gasteiger partial charge in [0.1, 0.15) is 11.3 Å². The van der Waals surface area contributed by atoms with E-state index in [0.717, 1.165) is 48.3 Å². The predicted molar refractivity (Wildman–Crippen MR) is 160 cm³/mol. The zero-order chi connectivity index (χ0) is 29.4. The molecule has 1 atom stereocenters. The van der Waals surface area contributed by atoms with Gasteiger partial charge in [0.05, 0.1) is 39.6 Å². The molecule has 226 valence electrons. The van der Waals surface area contributed by atoms with E-state index in [0.29, 0.717) is 51.9 Å². The summed E-state index contributed by atoms with van der Waals surface area (Å²) < 4.78 is 23.7. The van der Waals surface area contributed by atoms with E-state index in [1.54, 1.807) is 14.0 Å². The van der Waals surface area contributed by atoms with Crippen LogP contribution in [0.5, 0.6) is 5.75 Å². The van der Waals surface area contributed by atoms with Crippen LogP contribution in [0, 0.1) is 0 Å². The fourth-order valence-corrected chi connectivity index (χ4v) is 6.67. The van der Waals surface area contributed by atoms with Gasteiger partial charge >= 0.3 is 0 Å². The maximum Gasteiger partial charge on any atom is 0.250 e. The molecule has 8 heteroatoms.